The molecule has 0 amide bonds. The molecule has 0 spiro atoms. The van der Waals surface area contributed by atoms with Gasteiger partial charge in [0.05, 0.1) is 40.6 Å². The molecule has 0 saturated carbocycles. The van der Waals surface area contributed by atoms with E-state index in [1.165, 1.54) is 15.4 Å². The van der Waals surface area contributed by atoms with Gasteiger partial charge in [0.25, 0.3) is 5.56 Å². The Hall–Kier alpha value is -5.29. The topological polar surface area (TPSA) is 137 Å². The van der Waals surface area contributed by atoms with Crippen LogP contribution in [0.25, 0.3) is 21.7 Å². The molecule has 0 bridgehead atoms. The Morgan fingerprint density at radius 3 is 2.53 bits per heavy atom. The van der Waals surface area contributed by atoms with Crippen LogP contribution in [0.2, 0.25) is 0 Å². The van der Waals surface area contributed by atoms with E-state index in [1.54, 1.807) is 44.6 Å². The zero-order valence-electron chi connectivity index (χ0n) is 24.7. The number of nitrogens with zero attached hydrogens (tertiary/aromatic N) is 7. The molecule has 0 aliphatic carbocycles. The summed E-state index contributed by atoms with van der Waals surface area (Å²) in [5, 5.41) is 37.3. The fourth-order valence-corrected chi connectivity index (χ4v) is 4.94. The number of pyridine rings is 2. The molecule has 2 atom stereocenters. The summed E-state index contributed by atoms with van der Waals surface area (Å²) in [6.45, 7) is 7.94. The number of hydrogen-bond donors (Lipinski definition) is 2. The number of anilines is 2. The number of aromatic nitrogens is 5. The highest BCUT2D eigenvalue weighted by Crippen LogP contribution is 2.35. The second kappa shape index (κ2) is 11.5. The molecule has 43 heavy (non-hydrogen) atoms. The molecule has 3 heterocycles. The van der Waals surface area contributed by atoms with Gasteiger partial charge in [0, 0.05) is 42.4 Å². The first-order valence-electron chi connectivity index (χ1n) is 13.9. The summed E-state index contributed by atoms with van der Waals surface area (Å²) in [6, 6.07) is 14.2. The Bertz CT molecular complexity index is 1970. The molecular weight excluding hydrogens is 545 g/mol. The fraction of sp³-hybridized carbons (Fsp3) is 0.312. The summed E-state index contributed by atoms with van der Waals surface area (Å²) in [7, 11) is 1.70. The van der Waals surface area contributed by atoms with Crippen LogP contribution in [0.3, 0.4) is 0 Å². The van der Waals surface area contributed by atoms with E-state index < -0.39 is 18.8 Å². The van der Waals surface area contributed by atoms with E-state index in [0.29, 0.717) is 51.0 Å². The van der Waals surface area contributed by atoms with Crippen LogP contribution < -0.4 is 16.2 Å². The summed E-state index contributed by atoms with van der Waals surface area (Å²) in [5.74, 6) is 0. The molecule has 1 unspecified atom stereocenters. The van der Waals surface area contributed by atoms with Gasteiger partial charge in [0.2, 0.25) is 0 Å². The number of alkyl halides is 1. The highest BCUT2D eigenvalue weighted by atomic mass is 19.1. The molecule has 2 N–H and O–H groups in total. The zero-order valence-corrected chi connectivity index (χ0v) is 24.7. The molecular formula is C32H32FN9O. The minimum Gasteiger partial charge on any atom is -0.383 e. The van der Waals surface area contributed by atoms with Crippen LogP contribution >= 0.6 is 0 Å². The molecule has 0 radical (unpaired) electrons. The Balaban J connectivity index is 1.71. The monoisotopic (exact) mass is 577 g/mol. The Labute approximate surface area is 248 Å². The third-order valence-corrected chi connectivity index (χ3v) is 7.28. The van der Waals surface area contributed by atoms with Crippen LogP contribution in [0.1, 0.15) is 62.2 Å². The molecule has 11 heteroatoms. The SMILES string of the molecule is CC(CF)n1cc([C@@H](Nc2cc(C#N)c3ncc(C#N)c(NCC(C)(C)C)c3c2)c2cccc3c(=O)n(C)ccc23)nn1. The highest BCUT2D eigenvalue weighted by molar-refractivity contribution is 5.99. The summed E-state index contributed by atoms with van der Waals surface area (Å²) < 4.78 is 16.5. The Morgan fingerprint density at radius 2 is 1.84 bits per heavy atom. The summed E-state index contributed by atoms with van der Waals surface area (Å²) in [4.78, 5) is 17.4. The number of nitrogens with one attached hydrogen (secondary N) is 2. The van der Waals surface area contributed by atoms with Gasteiger partial charge in [-0.2, -0.15) is 10.5 Å². The van der Waals surface area contributed by atoms with Crippen LogP contribution in [-0.2, 0) is 7.05 Å². The second-order valence-electron chi connectivity index (χ2n) is 11.8. The minimum atomic E-state index is -0.626. The Morgan fingerprint density at radius 1 is 1.07 bits per heavy atom. The van der Waals surface area contributed by atoms with Crippen molar-refractivity contribution in [3.8, 4) is 12.1 Å². The quantitative estimate of drug-likeness (QED) is 0.243. The van der Waals surface area contributed by atoms with Gasteiger partial charge in [-0.25, -0.2) is 9.07 Å². The van der Waals surface area contributed by atoms with Gasteiger partial charge in [0.1, 0.15) is 24.5 Å². The number of halogens is 1. The van der Waals surface area contributed by atoms with Gasteiger partial charge in [0.15, 0.2) is 0 Å². The summed E-state index contributed by atoms with van der Waals surface area (Å²) >= 11 is 0. The average molecular weight is 578 g/mol. The lowest BCUT2D eigenvalue weighted by molar-refractivity contribution is 0.351. The van der Waals surface area contributed by atoms with Gasteiger partial charge >= 0.3 is 0 Å². The van der Waals surface area contributed by atoms with Crippen LogP contribution in [0, 0.1) is 28.1 Å². The lowest BCUT2D eigenvalue weighted by Crippen LogP contribution is -2.20. The second-order valence-corrected chi connectivity index (χ2v) is 11.8. The summed E-state index contributed by atoms with van der Waals surface area (Å²) in [6.07, 6.45) is 4.87. The van der Waals surface area contributed by atoms with Crippen molar-refractivity contribution in [1.29, 1.82) is 10.5 Å². The van der Waals surface area contributed by atoms with E-state index in [0.717, 1.165) is 10.9 Å². The molecule has 2 aromatic carbocycles. The van der Waals surface area contributed by atoms with E-state index in [-0.39, 0.29) is 11.0 Å². The van der Waals surface area contributed by atoms with E-state index in [9.17, 15) is 19.7 Å². The first-order valence-corrected chi connectivity index (χ1v) is 13.9. The molecule has 10 nitrogen and oxygen atoms in total. The third kappa shape index (κ3) is 5.75. The first kappa shape index (κ1) is 29.2. The predicted molar refractivity (Wildman–Crippen MR) is 164 cm³/mol. The van der Waals surface area contributed by atoms with Crippen molar-refractivity contribution in [3.05, 3.63) is 87.7 Å². The van der Waals surface area contributed by atoms with Gasteiger partial charge < -0.3 is 15.2 Å². The van der Waals surface area contributed by atoms with Crippen LogP contribution in [0.15, 0.2) is 59.8 Å². The molecule has 3 aromatic heterocycles. The van der Waals surface area contributed by atoms with E-state index in [4.69, 9.17) is 0 Å². The maximum atomic E-state index is 13.5. The smallest absolute Gasteiger partial charge is 0.258 e. The zero-order chi connectivity index (χ0) is 30.9. The first-order chi connectivity index (χ1) is 20.5. The minimum absolute atomic E-state index is 0.0741. The van der Waals surface area contributed by atoms with Crippen LogP contribution in [-0.4, -0.2) is 37.8 Å². The van der Waals surface area contributed by atoms with E-state index in [2.05, 4.69) is 58.8 Å². The van der Waals surface area contributed by atoms with Crippen molar-refractivity contribution in [1.82, 2.24) is 24.5 Å². The molecule has 218 valence electrons. The fourth-order valence-electron chi connectivity index (χ4n) is 4.94. The van der Waals surface area contributed by atoms with Crippen molar-refractivity contribution in [3.63, 3.8) is 0 Å². The number of rotatable bonds is 8. The van der Waals surface area contributed by atoms with Gasteiger partial charge in [-0.15, -0.1) is 5.10 Å². The van der Waals surface area contributed by atoms with Crippen molar-refractivity contribution >= 4 is 33.1 Å². The highest BCUT2D eigenvalue weighted by Gasteiger charge is 2.24. The van der Waals surface area contributed by atoms with Crippen molar-refractivity contribution in [2.24, 2.45) is 12.5 Å². The number of hydrogen-bond acceptors (Lipinski definition) is 8. The molecule has 0 fully saturated rings. The van der Waals surface area contributed by atoms with Gasteiger partial charge in [-0.05, 0) is 47.6 Å². The lowest BCUT2D eigenvalue weighted by Gasteiger charge is -2.23. The van der Waals surface area contributed by atoms with Crippen molar-refractivity contribution < 1.29 is 4.39 Å². The third-order valence-electron chi connectivity index (χ3n) is 7.28. The standard InChI is InChI=1S/C32H32FN9O/c1-19(13-33)42-17-27(39-40-42)30(24-7-6-8-25-23(24)9-10-41(5)31(25)43)38-22-11-20(14-34)28-26(12-22)29(21(15-35)16-36-28)37-18-32(2,3)4/h6-12,16-17,19,30,38H,13,18H2,1-5H3,(H,36,37)/t19?,30-/m0/s1. The van der Waals surface area contributed by atoms with Gasteiger partial charge in [-0.1, -0.05) is 38.1 Å². The summed E-state index contributed by atoms with van der Waals surface area (Å²) in [5.41, 5.74) is 3.35. The molecule has 0 aliphatic heterocycles. The van der Waals surface area contributed by atoms with E-state index >= 15 is 0 Å². The Kier molecular flexibility index (Phi) is 7.83. The number of fused-ring (bicyclic) bond motifs is 2. The van der Waals surface area contributed by atoms with Crippen molar-refractivity contribution in [2.75, 3.05) is 23.9 Å². The number of aryl methyl sites for hydroxylation is 1. The molecule has 5 rings (SSSR count). The van der Waals surface area contributed by atoms with Crippen LogP contribution in [0.5, 0.6) is 0 Å². The molecule has 5 aromatic rings. The number of benzene rings is 2. The lowest BCUT2D eigenvalue weighted by atomic mass is 9.96. The van der Waals surface area contributed by atoms with Crippen LogP contribution in [0.4, 0.5) is 15.8 Å². The predicted octanol–water partition coefficient (Wildman–Crippen LogP) is 5.61. The maximum Gasteiger partial charge on any atom is 0.258 e. The normalized spacial score (nSPS) is 12.9. The maximum absolute atomic E-state index is 13.5. The molecule has 0 saturated heterocycles. The number of nitriles is 2. The molecule has 0 aliphatic rings. The average Bonchev–Trinajstić information content (AvgIpc) is 3.49. The van der Waals surface area contributed by atoms with Gasteiger partial charge in [-0.3, -0.25) is 9.78 Å². The van der Waals surface area contributed by atoms with Crippen molar-refractivity contribution in [2.45, 2.75) is 39.8 Å². The largest absolute Gasteiger partial charge is 0.383 e. The van der Waals surface area contributed by atoms with E-state index in [1.807, 2.05) is 18.2 Å².